The zero-order valence-electron chi connectivity index (χ0n) is 12.5. The molecule has 0 spiro atoms. The highest BCUT2D eigenvalue weighted by Gasteiger charge is 2.30. The molecule has 3 unspecified atom stereocenters. The van der Waals surface area contributed by atoms with Crippen molar-refractivity contribution in [1.82, 2.24) is 0 Å². The number of hydrogen-bond donors (Lipinski definition) is 2. The molecule has 0 saturated carbocycles. The molecule has 114 valence electrons. The summed E-state index contributed by atoms with van der Waals surface area (Å²) in [4.78, 5) is 22.8. The zero-order valence-corrected chi connectivity index (χ0v) is 12.5. The van der Waals surface area contributed by atoms with Crippen molar-refractivity contribution in [2.24, 2.45) is 11.8 Å². The van der Waals surface area contributed by atoms with Gasteiger partial charge in [-0.05, 0) is 19.3 Å². The number of unbranched alkanes of at least 4 members (excludes halogenated alkanes) is 1. The Labute approximate surface area is 120 Å². The van der Waals surface area contributed by atoms with Gasteiger partial charge in [-0.1, -0.05) is 38.3 Å². The van der Waals surface area contributed by atoms with Crippen LogP contribution in [0.3, 0.4) is 0 Å². The minimum absolute atomic E-state index is 0.0490. The third-order valence-corrected chi connectivity index (χ3v) is 4.16. The largest absolute Gasteiger partial charge is 0.481 e. The monoisotopic (exact) mass is 282 g/mol. The van der Waals surface area contributed by atoms with Gasteiger partial charge in [0.1, 0.15) is 5.78 Å². The Morgan fingerprint density at radius 3 is 2.75 bits per heavy atom. The predicted octanol–water partition coefficient (Wildman–Crippen LogP) is 2.94. The van der Waals surface area contributed by atoms with E-state index < -0.39 is 12.1 Å². The summed E-state index contributed by atoms with van der Waals surface area (Å²) in [6, 6.07) is 0. The highest BCUT2D eigenvalue weighted by molar-refractivity contribution is 5.80. The number of Topliss-reactive ketones (excluding diaryl/α,β-unsaturated/α-hetero) is 1. The molecule has 0 heterocycles. The second-order valence-electron chi connectivity index (χ2n) is 5.80. The highest BCUT2D eigenvalue weighted by atomic mass is 16.4. The van der Waals surface area contributed by atoms with Crippen LogP contribution in [0.4, 0.5) is 0 Å². The number of aliphatic hydroxyl groups excluding tert-OH is 1. The summed E-state index contributed by atoms with van der Waals surface area (Å²) in [6.45, 7) is 4.07. The van der Waals surface area contributed by atoms with Gasteiger partial charge in [0.2, 0.25) is 0 Å². The normalized spacial score (nSPS) is 23.4. The van der Waals surface area contributed by atoms with Gasteiger partial charge >= 0.3 is 5.97 Å². The van der Waals surface area contributed by atoms with Crippen molar-refractivity contribution in [3.8, 4) is 0 Å². The van der Waals surface area contributed by atoms with E-state index in [9.17, 15) is 14.7 Å². The summed E-state index contributed by atoms with van der Waals surface area (Å²) in [5.41, 5.74) is 0.941. The second-order valence-corrected chi connectivity index (χ2v) is 5.80. The van der Waals surface area contributed by atoms with Gasteiger partial charge < -0.3 is 10.2 Å². The number of carboxylic acids is 1. The van der Waals surface area contributed by atoms with Crippen molar-refractivity contribution in [3.05, 3.63) is 11.6 Å². The van der Waals surface area contributed by atoms with Crippen molar-refractivity contribution in [1.29, 1.82) is 0 Å². The Kier molecular flexibility index (Phi) is 6.93. The summed E-state index contributed by atoms with van der Waals surface area (Å²) in [5.74, 6) is -0.884. The summed E-state index contributed by atoms with van der Waals surface area (Å²) in [5, 5.41) is 18.7. The van der Waals surface area contributed by atoms with E-state index in [1.165, 1.54) is 0 Å². The van der Waals surface area contributed by atoms with E-state index in [4.69, 9.17) is 5.11 Å². The van der Waals surface area contributed by atoms with Crippen LogP contribution in [-0.4, -0.2) is 28.1 Å². The SMILES string of the molecule is CCCCC(C)C(=O)CCC1=CCC(O)C1CC(=O)O. The highest BCUT2D eigenvalue weighted by Crippen LogP contribution is 2.32. The standard InChI is InChI=1S/C16H26O4/c1-3-4-5-11(2)14(17)8-6-12-7-9-15(18)13(12)10-16(19)20/h7,11,13,15,18H,3-6,8-10H2,1-2H3,(H,19,20). The third-order valence-electron chi connectivity index (χ3n) is 4.16. The molecule has 20 heavy (non-hydrogen) atoms. The van der Waals surface area contributed by atoms with E-state index in [1.807, 2.05) is 13.0 Å². The van der Waals surface area contributed by atoms with Gasteiger partial charge in [0, 0.05) is 18.3 Å². The van der Waals surface area contributed by atoms with Crippen molar-refractivity contribution >= 4 is 11.8 Å². The smallest absolute Gasteiger partial charge is 0.304 e. The van der Waals surface area contributed by atoms with Crippen LogP contribution in [0.5, 0.6) is 0 Å². The maximum atomic E-state index is 12.0. The lowest BCUT2D eigenvalue weighted by atomic mass is 9.89. The van der Waals surface area contributed by atoms with Crippen molar-refractivity contribution in [3.63, 3.8) is 0 Å². The van der Waals surface area contributed by atoms with Crippen LogP contribution >= 0.6 is 0 Å². The maximum absolute atomic E-state index is 12.0. The number of carbonyl (C=O) groups excluding carboxylic acids is 1. The first-order valence-electron chi connectivity index (χ1n) is 7.57. The van der Waals surface area contributed by atoms with Crippen LogP contribution in [0.15, 0.2) is 11.6 Å². The van der Waals surface area contributed by atoms with E-state index in [-0.39, 0.29) is 24.0 Å². The van der Waals surface area contributed by atoms with Crippen molar-refractivity contribution in [2.75, 3.05) is 0 Å². The van der Waals surface area contributed by atoms with E-state index in [1.54, 1.807) is 0 Å². The molecule has 3 atom stereocenters. The fourth-order valence-electron chi connectivity index (χ4n) is 2.76. The molecule has 0 fully saturated rings. The third kappa shape index (κ3) is 5.08. The predicted molar refractivity (Wildman–Crippen MR) is 77.4 cm³/mol. The summed E-state index contributed by atoms with van der Waals surface area (Å²) < 4.78 is 0. The van der Waals surface area contributed by atoms with Gasteiger partial charge in [-0.25, -0.2) is 0 Å². The second kappa shape index (κ2) is 8.20. The first-order valence-corrected chi connectivity index (χ1v) is 7.57. The number of aliphatic carboxylic acids is 1. The lowest BCUT2D eigenvalue weighted by Gasteiger charge is -2.17. The molecule has 4 nitrogen and oxygen atoms in total. The molecule has 0 aliphatic heterocycles. The molecule has 0 aromatic rings. The van der Waals surface area contributed by atoms with E-state index >= 15 is 0 Å². The van der Waals surface area contributed by atoms with Gasteiger partial charge in [0.05, 0.1) is 12.5 Å². The van der Waals surface area contributed by atoms with Crippen molar-refractivity contribution in [2.45, 2.75) is 64.9 Å². The van der Waals surface area contributed by atoms with Crippen molar-refractivity contribution < 1.29 is 19.8 Å². The lowest BCUT2D eigenvalue weighted by Crippen LogP contribution is -2.21. The van der Waals surface area contributed by atoms with Crippen LogP contribution in [0.25, 0.3) is 0 Å². The minimum atomic E-state index is -0.899. The molecule has 0 aromatic carbocycles. The molecule has 2 N–H and O–H groups in total. The Morgan fingerprint density at radius 2 is 2.15 bits per heavy atom. The lowest BCUT2D eigenvalue weighted by molar-refractivity contribution is -0.138. The molecular formula is C16H26O4. The van der Waals surface area contributed by atoms with Crippen LogP contribution in [-0.2, 0) is 9.59 Å². The summed E-state index contributed by atoms with van der Waals surface area (Å²) in [7, 11) is 0. The van der Waals surface area contributed by atoms with Crippen LogP contribution in [0.2, 0.25) is 0 Å². The van der Waals surface area contributed by atoms with Crippen LogP contribution in [0, 0.1) is 11.8 Å². The molecule has 1 rings (SSSR count). The Morgan fingerprint density at radius 1 is 1.45 bits per heavy atom. The van der Waals surface area contributed by atoms with Gasteiger partial charge in [-0.15, -0.1) is 0 Å². The topological polar surface area (TPSA) is 74.6 Å². The van der Waals surface area contributed by atoms with Crippen LogP contribution < -0.4 is 0 Å². The van der Waals surface area contributed by atoms with Crippen LogP contribution in [0.1, 0.15) is 58.8 Å². The average molecular weight is 282 g/mol. The first-order chi connectivity index (χ1) is 9.45. The zero-order chi connectivity index (χ0) is 15.1. The molecule has 0 amide bonds. The van der Waals surface area contributed by atoms with Gasteiger partial charge in [0.25, 0.3) is 0 Å². The molecular weight excluding hydrogens is 256 g/mol. The average Bonchev–Trinajstić information content (AvgIpc) is 2.74. The van der Waals surface area contributed by atoms with E-state index in [0.717, 1.165) is 24.8 Å². The minimum Gasteiger partial charge on any atom is -0.481 e. The molecule has 4 heteroatoms. The molecule has 1 aliphatic carbocycles. The number of hydrogen-bond acceptors (Lipinski definition) is 3. The number of carbonyl (C=O) groups is 2. The molecule has 0 aromatic heterocycles. The molecule has 0 saturated heterocycles. The molecule has 1 aliphatic rings. The quantitative estimate of drug-likeness (QED) is 0.638. The number of aliphatic hydroxyl groups is 1. The number of rotatable bonds is 9. The van der Waals surface area contributed by atoms with Gasteiger partial charge in [-0.2, -0.15) is 0 Å². The first kappa shape index (κ1) is 16.9. The van der Waals surface area contributed by atoms with Gasteiger partial charge in [-0.3, -0.25) is 9.59 Å². The fourth-order valence-corrected chi connectivity index (χ4v) is 2.76. The Bertz CT molecular complexity index is 373. The molecule has 0 radical (unpaired) electrons. The number of carboxylic acid groups (broad SMARTS) is 1. The molecule has 0 bridgehead atoms. The Hall–Kier alpha value is -1.16. The number of ketones is 1. The van der Waals surface area contributed by atoms with Gasteiger partial charge in [0.15, 0.2) is 0 Å². The summed E-state index contributed by atoms with van der Waals surface area (Å²) in [6.07, 6.45) is 5.89. The Balaban J connectivity index is 2.43. The van der Waals surface area contributed by atoms with E-state index in [2.05, 4.69) is 6.92 Å². The summed E-state index contributed by atoms with van der Waals surface area (Å²) >= 11 is 0. The maximum Gasteiger partial charge on any atom is 0.304 e. The van der Waals surface area contributed by atoms with E-state index in [0.29, 0.717) is 19.3 Å². The fraction of sp³-hybridized carbons (Fsp3) is 0.750.